The topological polar surface area (TPSA) is 69.7 Å². The lowest BCUT2D eigenvalue weighted by Gasteiger charge is -2.11. The number of benzene rings is 1. The summed E-state index contributed by atoms with van der Waals surface area (Å²) in [5.74, 6) is -1.40. The van der Waals surface area contributed by atoms with E-state index in [1.165, 1.54) is 0 Å². The van der Waals surface area contributed by atoms with Crippen LogP contribution in [0.1, 0.15) is 0 Å². The molecule has 0 aliphatic carbocycles. The highest BCUT2D eigenvalue weighted by Crippen LogP contribution is 2.41. The molecule has 0 bridgehead atoms. The summed E-state index contributed by atoms with van der Waals surface area (Å²) in [4.78, 5) is -2.12. The second-order valence-corrected chi connectivity index (χ2v) is 6.15. The number of halogens is 4. The van der Waals surface area contributed by atoms with Crippen molar-refractivity contribution in [3.05, 3.63) is 24.0 Å². The monoisotopic (exact) mass is 353 g/mol. The fourth-order valence-corrected chi connectivity index (χ4v) is 3.23. The lowest BCUT2D eigenvalue weighted by atomic mass is 10.3. The molecule has 0 amide bonds. The molecule has 20 heavy (non-hydrogen) atoms. The lowest BCUT2D eigenvalue weighted by Crippen LogP contribution is -2.12. The average Bonchev–Trinajstić information content (AvgIpc) is 2.26. The zero-order valence-electron chi connectivity index (χ0n) is 9.31. The maximum absolute atomic E-state index is 13.5. The molecule has 0 saturated heterocycles. The van der Waals surface area contributed by atoms with Crippen LogP contribution in [0.4, 0.5) is 17.6 Å². The van der Waals surface area contributed by atoms with Crippen molar-refractivity contribution in [2.45, 2.75) is 15.3 Å². The van der Waals surface area contributed by atoms with Gasteiger partial charge in [0.05, 0.1) is 0 Å². The molecular formula is C8H6F4O5PS2+. The van der Waals surface area contributed by atoms with Gasteiger partial charge in [0.2, 0.25) is 6.79 Å². The summed E-state index contributed by atoms with van der Waals surface area (Å²) in [7, 11) is -6.15. The minimum atomic E-state index is -4.82. The number of rotatable bonds is 6. The Morgan fingerprint density at radius 2 is 1.95 bits per heavy atom. The van der Waals surface area contributed by atoms with E-state index in [-0.39, 0.29) is 0 Å². The van der Waals surface area contributed by atoms with Crippen molar-refractivity contribution >= 4 is 30.6 Å². The smallest absolute Gasteiger partial charge is 0.232 e. The number of alkyl halides is 3. The summed E-state index contributed by atoms with van der Waals surface area (Å²) in [6.07, 6.45) is 0. The highest BCUT2D eigenvalue weighted by atomic mass is 32.2. The Morgan fingerprint density at radius 1 is 1.30 bits per heavy atom. The van der Waals surface area contributed by atoms with Crippen molar-refractivity contribution < 1.29 is 39.3 Å². The van der Waals surface area contributed by atoms with Gasteiger partial charge < -0.3 is 0 Å². The molecule has 0 aromatic heterocycles. The summed E-state index contributed by atoms with van der Waals surface area (Å²) in [5.41, 5.74) is -4.80. The van der Waals surface area contributed by atoms with Crippen LogP contribution in [-0.4, -0.2) is 20.7 Å². The molecular weight excluding hydrogens is 347 g/mol. The van der Waals surface area contributed by atoms with Crippen molar-refractivity contribution in [3.63, 3.8) is 0 Å². The van der Waals surface area contributed by atoms with E-state index in [1.54, 1.807) is 0 Å². The Balaban J connectivity index is 3.18. The van der Waals surface area contributed by atoms with Gasteiger partial charge in [-0.05, 0) is 28.5 Å². The molecule has 1 aromatic carbocycles. The van der Waals surface area contributed by atoms with Gasteiger partial charge in [-0.25, -0.2) is 8.57 Å². The number of thioether (sulfide) groups is 1. The van der Waals surface area contributed by atoms with Crippen LogP contribution in [0.3, 0.4) is 0 Å². The molecule has 12 heteroatoms. The van der Waals surface area contributed by atoms with Crippen LogP contribution >= 0.6 is 20.4 Å². The van der Waals surface area contributed by atoms with E-state index in [0.29, 0.717) is 6.07 Å². The number of hydrogen-bond acceptors (Lipinski definition) is 6. The predicted molar refractivity (Wildman–Crippen MR) is 61.5 cm³/mol. The summed E-state index contributed by atoms with van der Waals surface area (Å²) in [6, 6.07) is 2.39. The molecule has 0 fully saturated rings. The van der Waals surface area contributed by atoms with Crippen LogP contribution in [0, 0.1) is 5.82 Å². The first-order valence-corrected chi connectivity index (χ1v) is 7.64. The third-order valence-corrected chi connectivity index (χ3v) is 4.21. The molecule has 0 N–H and O–H groups in total. The van der Waals surface area contributed by atoms with Crippen LogP contribution in [-0.2, 0) is 23.4 Å². The summed E-state index contributed by atoms with van der Waals surface area (Å²) in [6.45, 7) is -1.01. The highest BCUT2D eigenvalue weighted by molar-refractivity contribution is 8.00. The van der Waals surface area contributed by atoms with Gasteiger partial charge in [-0.1, -0.05) is 6.07 Å². The summed E-state index contributed by atoms with van der Waals surface area (Å²) in [5, 5.41) is 0. The van der Waals surface area contributed by atoms with Crippen molar-refractivity contribution in [2.24, 2.45) is 0 Å². The molecule has 0 saturated carbocycles. The molecule has 0 spiro atoms. The molecule has 1 unspecified atom stereocenters. The van der Waals surface area contributed by atoms with Gasteiger partial charge in [-0.2, -0.15) is 21.6 Å². The quantitative estimate of drug-likeness (QED) is 0.196. The first kappa shape index (κ1) is 17.3. The van der Waals surface area contributed by atoms with Crippen molar-refractivity contribution in [3.8, 4) is 0 Å². The largest absolute Gasteiger partial charge is 0.496 e. The van der Waals surface area contributed by atoms with Gasteiger partial charge in [0.1, 0.15) is 10.7 Å². The predicted octanol–water partition coefficient (Wildman–Crippen LogP) is 3.06. The standard InChI is InChI=1S/C8H6F4O5PS2/c9-5-2-1-3-6(19-8(10,11)12)7(5)20(14,15)17-4-16-18-13/h1-3,18H,4H2/q+1. The zero-order chi connectivity index (χ0) is 15.4. The zero-order valence-corrected chi connectivity index (χ0v) is 11.9. The summed E-state index contributed by atoms with van der Waals surface area (Å²) >= 11 is -0.792. The Bertz CT molecular complexity index is 589. The average molecular weight is 353 g/mol. The molecule has 0 heterocycles. The van der Waals surface area contributed by atoms with E-state index >= 15 is 0 Å². The molecule has 1 rings (SSSR count). The molecule has 0 aliphatic rings. The first-order chi connectivity index (χ1) is 9.17. The second kappa shape index (κ2) is 6.81. The Kier molecular flexibility index (Phi) is 5.90. The summed E-state index contributed by atoms with van der Waals surface area (Å²) < 4.78 is 91.8. The van der Waals surface area contributed by atoms with Crippen LogP contribution in [0.15, 0.2) is 28.0 Å². The minimum absolute atomic E-state index is 0.673. The van der Waals surface area contributed by atoms with Crippen LogP contribution in [0.25, 0.3) is 0 Å². The van der Waals surface area contributed by atoms with Crippen molar-refractivity contribution in [1.82, 2.24) is 0 Å². The molecule has 1 atom stereocenters. The molecule has 0 radical (unpaired) electrons. The van der Waals surface area contributed by atoms with Gasteiger partial charge in [-0.15, -0.1) is 4.52 Å². The van der Waals surface area contributed by atoms with Crippen LogP contribution in [0.5, 0.6) is 0 Å². The molecule has 0 aliphatic heterocycles. The van der Waals surface area contributed by atoms with Gasteiger partial charge in [0.25, 0.3) is 0 Å². The molecule has 5 nitrogen and oxygen atoms in total. The van der Waals surface area contributed by atoms with Gasteiger partial charge in [-0.3, -0.25) is 0 Å². The third kappa shape index (κ3) is 4.98. The van der Waals surface area contributed by atoms with E-state index in [9.17, 15) is 30.5 Å². The van der Waals surface area contributed by atoms with E-state index < -0.39 is 58.5 Å². The van der Waals surface area contributed by atoms with E-state index in [2.05, 4.69) is 8.71 Å². The van der Waals surface area contributed by atoms with Gasteiger partial charge in [0.15, 0.2) is 0 Å². The van der Waals surface area contributed by atoms with E-state index in [4.69, 9.17) is 0 Å². The second-order valence-electron chi connectivity index (χ2n) is 3.03. The van der Waals surface area contributed by atoms with Gasteiger partial charge >= 0.3 is 24.3 Å². The molecule has 1 aromatic rings. The fourth-order valence-electron chi connectivity index (χ4n) is 1.11. The fraction of sp³-hybridized carbons (Fsp3) is 0.250. The SMILES string of the molecule is O=[PH+]OCOS(=O)(=O)c1c(F)cccc1SC(F)(F)F. The van der Waals surface area contributed by atoms with Gasteiger partial charge in [0, 0.05) is 4.90 Å². The first-order valence-electron chi connectivity index (χ1n) is 4.60. The molecule has 112 valence electrons. The van der Waals surface area contributed by atoms with Crippen molar-refractivity contribution in [2.75, 3.05) is 6.79 Å². The van der Waals surface area contributed by atoms with Crippen molar-refractivity contribution in [1.29, 1.82) is 0 Å². The van der Waals surface area contributed by atoms with Crippen LogP contribution < -0.4 is 0 Å². The Hall–Kier alpha value is -0.740. The van der Waals surface area contributed by atoms with E-state index in [0.717, 1.165) is 12.1 Å². The van der Waals surface area contributed by atoms with E-state index in [1.807, 2.05) is 0 Å². The lowest BCUT2D eigenvalue weighted by molar-refractivity contribution is -0.0329. The Morgan fingerprint density at radius 3 is 2.50 bits per heavy atom. The maximum Gasteiger partial charge on any atom is 0.496 e. The van der Waals surface area contributed by atoms with Crippen LogP contribution in [0.2, 0.25) is 0 Å². The third-order valence-electron chi connectivity index (χ3n) is 1.73. The number of hydrogen-bond donors (Lipinski definition) is 0. The normalized spacial score (nSPS) is 12.8. The highest BCUT2D eigenvalue weighted by Gasteiger charge is 2.34. The maximum atomic E-state index is 13.5. The minimum Gasteiger partial charge on any atom is -0.232 e. The Labute approximate surface area is 116 Å².